The van der Waals surface area contributed by atoms with E-state index in [1.807, 2.05) is 0 Å². The van der Waals surface area contributed by atoms with E-state index in [0.29, 0.717) is 22.8 Å². The second-order valence-corrected chi connectivity index (χ2v) is 9.42. The van der Waals surface area contributed by atoms with Crippen LogP contribution in [0.1, 0.15) is 79.6 Å². The van der Waals surface area contributed by atoms with E-state index in [1.54, 1.807) is 0 Å². The normalized spacial score (nSPS) is 37.8. The van der Waals surface area contributed by atoms with Crippen LogP contribution in [0.15, 0.2) is 0 Å². The average molecular weight is 281 g/mol. The molecule has 2 rings (SSSR count). The molecule has 118 valence electrons. The third kappa shape index (κ3) is 4.46. The molecule has 2 N–H and O–H groups in total. The fraction of sp³-hybridized carbons (Fsp3) is 1.00. The van der Waals surface area contributed by atoms with Crippen LogP contribution in [-0.2, 0) is 0 Å². The standard InChI is InChI=1S/C18H35NO/c1-14-7-6-8-18(20,9-14)13-19-15-10-16(2,3)12-17(4,5)11-15/h14-15,19-20H,6-13H2,1-5H3. The van der Waals surface area contributed by atoms with Crippen LogP contribution in [0.4, 0.5) is 0 Å². The highest BCUT2D eigenvalue weighted by molar-refractivity contribution is 4.94. The van der Waals surface area contributed by atoms with Crippen molar-refractivity contribution < 1.29 is 5.11 Å². The number of aliphatic hydroxyl groups is 1. The van der Waals surface area contributed by atoms with E-state index in [4.69, 9.17) is 0 Å². The highest BCUT2D eigenvalue weighted by Gasteiger charge is 2.39. The zero-order chi connectivity index (χ0) is 15.0. The van der Waals surface area contributed by atoms with Crippen LogP contribution in [0, 0.1) is 16.7 Å². The summed E-state index contributed by atoms with van der Waals surface area (Å²) in [5.41, 5.74) is 0.382. The van der Waals surface area contributed by atoms with Gasteiger partial charge in [-0.3, -0.25) is 0 Å². The first-order valence-electron chi connectivity index (χ1n) is 8.55. The number of hydrogen-bond donors (Lipinski definition) is 2. The minimum absolute atomic E-state index is 0.419. The van der Waals surface area contributed by atoms with Gasteiger partial charge < -0.3 is 10.4 Å². The smallest absolute Gasteiger partial charge is 0.0774 e. The van der Waals surface area contributed by atoms with Gasteiger partial charge in [-0.25, -0.2) is 0 Å². The molecule has 20 heavy (non-hydrogen) atoms. The SMILES string of the molecule is CC1CCCC(O)(CNC2CC(C)(C)CC(C)(C)C2)C1. The lowest BCUT2D eigenvalue weighted by atomic mass is 9.63. The molecule has 2 saturated carbocycles. The molecule has 2 aliphatic rings. The van der Waals surface area contributed by atoms with Gasteiger partial charge in [0.15, 0.2) is 0 Å². The van der Waals surface area contributed by atoms with Gasteiger partial charge in [0.2, 0.25) is 0 Å². The summed E-state index contributed by atoms with van der Waals surface area (Å²) in [7, 11) is 0. The van der Waals surface area contributed by atoms with Crippen molar-refractivity contribution in [3.63, 3.8) is 0 Å². The lowest BCUT2D eigenvalue weighted by Crippen LogP contribution is -2.50. The van der Waals surface area contributed by atoms with Gasteiger partial charge in [-0.05, 0) is 48.9 Å². The summed E-state index contributed by atoms with van der Waals surface area (Å²) in [6.45, 7) is 12.6. The molecule has 0 radical (unpaired) electrons. The molecule has 0 aromatic carbocycles. The monoisotopic (exact) mass is 281 g/mol. The van der Waals surface area contributed by atoms with Crippen molar-refractivity contribution in [2.24, 2.45) is 16.7 Å². The number of rotatable bonds is 3. The summed E-state index contributed by atoms with van der Waals surface area (Å²) in [4.78, 5) is 0. The number of nitrogens with one attached hydrogen (secondary N) is 1. The highest BCUT2D eigenvalue weighted by Crippen LogP contribution is 2.45. The van der Waals surface area contributed by atoms with Crippen molar-refractivity contribution in [3.8, 4) is 0 Å². The van der Waals surface area contributed by atoms with Crippen LogP contribution < -0.4 is 5.32 Å². The second kappa shape index (κ2) is 5.61. The Morgan fingerprint density at radius 2 is 1.65 bits per heavy atom. The molecular weight excluding hydrogens is 246 g/mol. The maximum Gasteiger partial charge on any atom is 0.0774 e. The van der Waals surface area contributed by atoms with Crippen molar-refractivity contribution in [1.29, 1.82) is 0 Å². The van der Waals surface area contributed by atoms with Crippen molar-refractivity contribution >= 4 is 0 Å². The fourth-order valence-corrected chi connectivity index (χ4v) is 5.12. The molecule has 0 spiro atoms. The Morgan fingerprint density at radius 3 is 2.20 bits per heavy atom. The van der Waals surface area contributed by atoms with Gasteiger partial charge in [0.05, 0.1) is 5.60 Å². The van der Waals surface area contributed by atoms with E-state index in [9.17, 15) is 5.11 Å². The molecule has 0 aliphatic heterocycles. The van der Waals surface area contributed by atoms with Gasteiger partial charge in [-0.15, -0.1) is 0 Å². The van der Waals surface area contributed by atoms with Crippen LogP contribution in [0.25, 0.3) is 0 Å². The van der Waals surface area contributed by atoms with Crippen molar-refractivity contribution in [2.45, 2.75) is 91.2 Å². The Hall–Kier alpha value is -0.0800. The van der Waals surface area contributed by atoms with Gasteiger partial charge in [0.1, 0.15) is 0 Å². The lowest BCUT2D eigenvalue weighted by Gasteiger charge is -2.46. The minimum atomic E-state index is -0.455. The van der Waals surface area contributed by atoms with Gasteiger partial charge in [0, 0.05) is 12.6 Å². The largest absolute Gasteiger partial charge is 0.389 e. The summed E-state index contributed by atoms with van der Waals surface area (Å²) in [6, 6.07) is 0.565. The molecule has 0 aromatic rings. The van der Waals surface area contributed by atoms with Gasteiger partial charge >= 0.3 is 0 Å². The Balaban J connectivity index is 1.90. The first-order valence-corrected chi connectivity index (χ1v) is 8.55. The molecule has 0 saturated heterocycles. The van der Waals surface area contributed by atoms with E-state index >= 15 is 0 Å². The molecule has 0 amide bonds. The Bertz CT molecular complexity index is 320. The van der Waals surface area contributed by atoms with Crippen LogP contribution in [0.3, 0.4) is 0 Å². The molecule has 0 aromatic heterocycles. The van der Waals surface area contributed by atoms with E-state index in [-0.39, 0.29) is 0 Å². The van der Waals surface area contributed by atoms with E-state index in [2.05, 4.69) is 39.9 Å². The quantitative estimate of drug-likeness (QED) is 0.815. The topological polar surface area (TPSA) is 32.3 Å². The molecular formula is C18H35NO. The predicted molar refractivity (Wildman–Crippen MR) is 85.8 cm³/mol. The Kier molecular flexibility index (Phi) is 4.57. The third-order valence-electron chi connectivity index (χ3n) is 5.34. The zero-order valence-corrected chi connectivity index (χ0v) is 14.3. The molecule has 2 unspecified atom stereocenters. The average Bonchev–Trinajstić information content (AvgIpc) is 2.22. The van der Waals surface area contributed by atoms with Gasteiger partial charge in [-0.1, -0.05) is 47.5 Å². The molecule has 2 nitrogen and oxygen atoms in total. The maximum absolute atomic E-state index is 10.8. The fourth-order valence-electron chi connectivity index (χ4n) is 5.12. The summed E-state index contributed by atoms with van der Waals surface area (Å²) < 4.78 is 0. The third-order valence-corrected chi connectivity index (χ3v) is 5.34. The van der Waals surface area contributed by atoms with Crippen LogP contribution in [0.5, 0.6) is 0 Å². The highest BCUT2D eigenvalue weighted by atomic mass is 16.3. The van der Waals surface area contributed by atoms with E-state index in [1.165, 1.54) is 32.1 Å². The van der Waals surface area contributed by atoms with E-state index < -0.39 is 5.60 Å². The van der Waals surface area contributed by atoms with Crippen molar-refractivity contribution in [1.82, 2.24) is 5.32 Å². The van der Waals surface area contributed by atoms with Crippen molar-refractivity contribution in [3.05, 3.63) is 0 Å². The molecule has 0 bridgehead atoms. The van der Waals surface area contributed by atoms with Crippen LogP contribution >= 0.6 is 0 Å². The molecule has 0 heterocycles. The predicted octanol–water partition coefficient (Wildman–Crippen LogP) is 4.12. The lowest BCUT2D eigenvalue weighted by molar-refractivity contribution is -0.0196. The maximum atomic E-state index is 10.8. The Morgan fingerprint density at radius 1 is 1.05 bits per heavy atom. The van der Waals surface area contributed by atoms with Crippen LogP contribution in [-0.4, -0.2) is 23.3 Å². The minimum Gasteiger partial charge on any atom is -0.389 e. The first kappa shape index (κ1) is 16.3. The molecule has 2 fully saturated rings. The molecule has 2 aliphatic carbocycles. The Labute approximate surface area is 125 Å². The summed E-state index contributed by atoms with van der Waals surface area (Å²) in [6.07, 6.45) is 8.19. The van der Waals surface area contributed by atoms with Gasteiger partial charge in [-0.2, -0.15) is 0 Å². The zero-order valence-electron chi connectivity index (χ0n) is 14.3. The number of hydrogen-bond acceptors (Lipinski definition) is 2. The molecule has 2 atom stereocenters. The summed E-state index contributed by atoms with van der Waals surface area (Å²) >= 11 is 0. The van der Waals surface area contributed by atoms with Crippen LogP contribution in [0.2, 0.25) is 0 Å². The first-order chi connectivity index (χ1) is 9.09. The van der Waals surface area contributed by atoms with E-state index in [0.717, 1.165) is 19.4 Å². The van der Waals surface area contributed by atoms with Gasteiger partial charge in [0.25, 0.3) is 0 Å². The summed E-state index contributed by atoms with van der Waals surface area (Å²) in [5, 5.41) is 14.5. The second-order valence-electron chi connectivity index (χ2n) is 9.42. The van der Waals surface area contributed by atoms with Crippen molar-refractivity contribution in [2.75, 3.05) is 6.54 Å². The summed E-state index contributed by atoms with van der Waals surface area (Å²) in [5.74, 6) is 0.676. The molecule has 2 heteroatoms.